The third kappa shape index (κ3) is 4.53. The van der Waals surface area contributed by atoms with Crippen molar-refractivity contribution in [2.75, 3.05) is 13.7 Å². The van der Waals surface area contributed by atoms with Crippen molar-refractivity contribution in [1.82, 2.24) is 14.5 Å². The summed E-state index contributed by atoms with van der Waals surface area (Å²) in [4.78, 5) is 20.3. The molecule has 0 unspecified atom stereocenters. The van der Waals surface area contributed by atoms with Gasteiger partial charge in [-0.05, 0) is 74.7 Å². The van der Waals surface area contributed by atoms with E-state index in [4.69, 9.17) is 9.72 Å². The molecule has 176 valence electrons. The molecule has 0 fully saturated rings. The third-order valence-electron chi connectivity index (χ3n) is 6.02. The van der Waals surface area contributed by atoms with Gasteiger partial charge in [0.2, 0.25) is 0 Å². The maximum absolute atomic E-state index is 14.0. The van der Waals surface area contributed by atoms with Gasteiger partial charge in [0.05, 0.1) is 24.7 Å². The molecule has 34 heavy (non-hydrogen) atoms. The van der Waals surface area contributed by atoms with Crippen LogP contribution in [0.25, 0.3) is 16.7 Å². The lowest BCUT2D eigenvalue weighted by molar-refractivity contribution is 0.0737. The molecule has 0 aliphatic carbocycles. The Morgan fingerprint density at radius 1 is 1.03 bits per heavy atom. The van der Waals surface area contributed by atoms with E-state index in [-0.39, 0.29) is 11.7 Å². The molecule has 0 saturated carbocycles. The first-order valence-electron chi connectivity index (χ1n) is 11.5. The molecule has 3 aromatic carbocycles. The van der Waals surface area contributed by atoms with Gasteiger partial charge < -0.3 is 9.64 Å². The van der Waals surface area contributed by atoms with E-state index < -0.39 is 0 Å². The minimum absolute atomic E-state index is 0.0173. The summed E-state index contributed by atoms with van der Waals surface area (Å²) < 4.78 is 21.3. The highest BCUT2D eigenvalue weighted by molar-refractivity contribution is 5.97. The van der Waals surface area contributed by atoms with Gasteiger partial charge in [0.1, 0.15) is 17.4 Å². The standard InChI is InChI=1S/C28H30FN3O2/c1-6-13-31(28(33)27-19(3)14-18(2)15-20(27)4)17-26-30-24-16-21(29)7-12-25(24)32(26)22-8-10-23(34-5)11-9-22/h7-12,14-16H,6,13,17H2,1-5H3. The minimum atomic E-state index is -0.342. The molecular formula is C28H30FN3O2. The van der Waals surface area contributed by atoms with Crippen LogP contribution in [0.2, 0.25) is 0 Å². The quantitative estimate of drug-likeness (QED) is 0.333. The Hall–Kier alpha value is -3.67. The second-order valence-electron chi connectivity index (χ2n) is 8.69. The Morgan fingerprint density at radius 2 is 1.71 bits per heavy atom. The number of aromatic nitrogens is 2. The molecule has 4 aromatic rings. The Morgan fingerprint density at radius 3 is 2.32 bits per heavy atom. The Balaban J connectivity index is 1.80. The fourth-order valence-corrected chi connectivity index (χ4v) is 4.60. The van der Waals surface area contributed by atoms with Gasteiger partial charge in [0, 0.05) is 23.9 Å². The van der Waals surface area contributed by atoms with Gasteiger partial charge in [-0.25, -0.2) is 9.37 Å². The van der Waals surface area contributed by atoms with Crippen LogP contribution in [-0.2, 0) is 6.54 Å². The van der Waals surface area contributed by atoms with E-state index in [0.717, 1.165) is 45.6 Å². The van der Waals surface area contributed by atoms with E-state index in [1.165, 1.54) is 12.1 Å². The second kappa shape index (κ2) is 9.67. The number of fused-ring (bicyclic) bond motifs is 1. The molecule has 1 amide bonds. The summed E-state index contributed by atoms with van der Waals surface area (Å²) in [5.74, 6) is 1.06. The molecule has 5 nitrogen and oxygen atoms in total. The first kappa shape index (κ1) is 23.5. The summed E-state index contributed by atoms with van der Waals surface area (Å²) >= 11 is 0. The SMILES string of the molecule is CCCN(Cc1nc2cc(F)ccc2n1-c1ccc(OC)cc1)C(=O)c1c(C)cc(C)cc1C. The minimum Gasteiger partial charge on any atom is -0.497 e. The molecule has 0 bridgehead atoms. The number of carbonyl (C=O) groups is 1. The highest BCUT2D eigenvalue weighted by Gasteiger charge is 2.23. The van der Waals surface area contributed by atoms with E-state index in [1.54, 1.807) is 13.2 Å². The van der Waals surface area contributed by atoms with Crippen molar-refractivity contribution in [3.05, 3.63) is 88.5 Å². The largest absolute Gasteiger partial charge is 0.497 e. The zero-order valence-electron chi connectivity index (χ0n) is 20.4. The lowest BCUT2D eigenvalue weighted by atomic mass is 9.98. The van der Waals surface area contributed by atoms with E-state index in [0.29, 0.717) is 24.4 Å². The Labute approximate surface area is 199 Å². The molecule has 1 aromatic heterocycles. The number of methoxy groups -OCH3 is 1. The average molecular weight is 460 g/mol. The number of nitrogens with zero attached hydrogens (tertiary/aromatic N) is 3. The number of hydrogen-bond donors (Lipinski definition) is 0. The van der Waals surface area contributed by atoms with Crippen molar-refractivity contribution in [2.45, 2.75) is 40.7 Å². The maximum Gasteiger partial charge on any atom is 0.254 e. The number of halogens is 1. The highest BCUT2D eigenvalue weighted by Crippen LogP contribution is 2.26. The molecule has 0 aliphatic rings. The summed E-state index contributed by atoms with van der Waals surface area (Å²) in [7, 11) is 1.62. The summed E-state index contributed by atoms with van der Waals surface area (Å²) in [6, 6.07) is 16.3. The smallest absolute Gasteiger partial charge is 0.254 e. The number of ether oxygens (including phenoxy) is 1. The maximum atomic E-state index is 14.0. The van der Waals surface area contributed by atoms with Crippen molar-refractivity contribution in [2.24, 2.45) is 0 Å². The van der Waals surface area contributed by atoms with E-state index >= 15 is 0 Å². The van der Waals surface area contributed by atoms with E-state index in [9.17, 15) is 9.18 Å². The summed E-state index contributed by atoms with van der Waals surface area (Å²) in [5, 5.41) is 0. The predicted molar refractivity (Wildman–Crippen MR) is 133 cm³/mol. The van der Waals surface area contributed by atoms with Crippen LogP contribution in [0.3, 0.4) is 0 Å². The van der Waals surface area contributed by atoms with Gasteiger partial charge >= 0.3 is 0 Å². The lowest BCUT2D eigenvalue weighted by Crippen LogP contribution is -2.33. The zero-order chi connectivity index (χ0) is 24.4. The van der Waals surface area contributed by atoms with Gasteiger partial charge in [-0.3, -0.25) is 9.36 Å². The predicted octanol–water partition coefficient (Wildman–Crippen LogP) is 6.15. The Kier molecular flexibility index (Phi) is 6.68. The highest BCUT2D eigenvalue weighted by atomic mass is 19.1. The number of rotatable bonds is 7. The van der Waals surface area contributed by atoms with Crippen LogP contribution in [0.5, 0.6) is 5.75 Å². The van der Waals surface area contributed by atoms with Crippen LogP contribution in [0.15, 0.2) is 54.6 Å². The van der Waals surface area contributed by atoms with E-state index in [1.807, 2.05) is 66.6 Å². The molecule has 0 spiro atoms. The Bertz CT molecular complexity index is 1320. The number of hydrogen-bond acceptors (Lipinski definition) is 3. The molecule has 1 heterocycles. The molecule has 0 aliphatic heterocycles. The molecule has 0 radical (unpaired) electrons. The summed E-state index contributed by atoms with van der Waals surface area (Å²) in [5.41, 5.74) is 6.01. The monoisotopic (exact) mass is 459 g/mol. The van der Waals surface area contributed by atoms with Crippen LogP contribution in [-0.4, -0.2) is 34.0 Å². The molecule has 6 heteroatoms. The normalized spacial score (nSPS) is 11.1. The average Bonchev–Trinajstić information content (AvgIpc) is 3.15. The zero-order valence-corrected chi connectivity index (χ0v) is 20.4. The topological polar surface area (TPSA) is 47.4 Å². The van der Waals surface area contributed by atoms with Gasteiger partial charge in [0.25, 0.3) is 5.91 Å². The van der Waals surface area contributed by atoms with Crippen molar-refractivity contribution >= 4 is 16.9 Å². The number of carbonyl (C=O) groups excluding carboxylic acids is 1. The molecule has 4 rings (SSSR count). The van der Waals surface area contributed by atoms with Crippen molar-refractivity contribution < 1.29 is 13.9 Å². The first-order chi connectivity index (χ1) is 16.3. The number of aryl methyl sites for hydroxylation is 3. The van der Waals surface area contributed by atoms with Crippen LogP contribution >= 0.6 is 0 Å². The molecule has 0 saturated heterocycles. The molecule has 0 N–H and O–H groups in total. The van der Waals surface area contributed by atoms with Crippen LogP contribution in [0.4, 0.5) is 4.39 Å². The van der Waals surface area contributed by atoms with Gasteiger partial charge in [0.15, 0.2) is 0 Å². The van der Waals surface area contributed by atoms with E-state index in [2.05, 4.69) is 6.92 Å². The van der Waals surface area contributed by atoms with Crippen LogP contribution in [0, 0.1) is 26.6 Å². The van der Waals surface area contributed by atoms with Crippen LogP contribution < -0.4 is 4.74 Å². The third-order valence-corrected chi connectivity index (χ3v) is 6.02. The second-order valence-corrected chi connectivity index (χ2v) is 8.69. The molecular weight excluding hydrogens is 429 g/mol. The fraction of sp³-hybridized carbons (Fsp3) is 0.286. The van der Waals surface area contributed by atoms with Gasteiger partial charge in [-0.2, -0.15) is 0 Å². The summed E-state index contributed by atoms with van der Waals surface area (Å²) in [6.45, 7) is 8.94. The van der Waals surface area contributed by atoms with Crippen molar-refractivity contribution in [3.8, 4) is 11.4 Å². The van der Waals surface area contributed by atoms with Gasteiger partial charge in [-0.15, -0.1) is 0 Å². The molecule has 0 atom stereocenters. The van der Waals surface area contributed by atoms with Crippen molar-refractivity contribution in [3.63, 3.8) is 0 Å². The van der Waals surface area contributed by atoms with Crippen LogP contribution in [0.1, 0.15) is 46.2 Å². The number of benzene rings is 3. The summed E-state index contributed by atoms with van der Waals surface area (Å²) in [6.07, 6.45) is 0.813. The number of imidazole rings is 1. The first-order valence-corrected chi connectivity index (χ1v) is 11.5. The lowest BCUT2D eigenvalue weighted by Gasteiger charge is -2.24. The number of amides is 1. The van der Waals surface area contributed by atoms with Gasteiger partial charge in [-0.1, -0.05) is 24.6 Å². The fourth-order valence-electron chi connectivity index (χ4n) is 4.60. The van der Waals surface area contributed by atoms with Crippen molar-refractivity contribution in [1.29, 1.82) is 0 Å².